The first kappa shape index (κ1) is 37.3. The van der Waals surface area contributed by atoms with E-state index in [4.69, 9.17) is 15.2 Å². The number of hydrogen-bond acceptors (Lipinski definition) is 9. The summed E-state index contributed by atoms with van der Waals surface area (Å²) in [6.07, 6.45) is -9.11. The maximum absolute atomic E-state index is 14.8. The summed E-state index contributed by atoms with van der Waals surface area (Å²) in [5.74, 6) is -11.3. The highest BCUT2D eigenvalue weighted by atomic mass is 32.2. The van der Waals surface area contributed by atoms with Gasteiger partial charge in [0.1, 0.15) is 24.4 Å². The van der Waals surface area contributed by atoms with Gasteiger partial charge in [-0.15, -0.1) is 0 Å². The van der Waals surface area contributed by atoms with Crippen molar-refractivity contribution in [3.63, 3.8) is 0 Å². The van der Waals surface area contributed by atoms with Crippen LogP contribution < -0.4 is 15.8 Å². The molecule has 0 unspecified atom stereocenters. The van der Waals surface area contributed by atoms with E-state index < -0.39 is 106 Å². The number of ketones is 1. The molecule has 1 fully saturated rings. The first-order valence-corrected chi connectivity index (χ1v) is 15.3. The molecule has 250 valence electrons. The number of Topliss-reactive ketones (excluding diaryl/α,β-unsaturated/α-hetero) is 1. The van der Waals surface area contributed by atoms with Crippen LogP contribution in [-0.4, -0.2) is 105 Å². The lowest BCUT2D eigenvalue weighted by molar-refractivity contribution is -0.178. The van der Waals surface area contributed by atoms with Crippen molar-refractivity contribution < 1.29 is 59.3 Å². The number of amides is 2. The minimum atomic E-state index is -4.99. The molecule has 11 nitrogen and oxygen atoms in total. The van der Waals surface area contributed by atoms with Gasteiger partial charge in [-0.3, -0.25) is 14.4 Å². The van der Waals surface area contributed by atoms with Gasteiger partial charge in [-0.05, 0) is 30.0 Å². The number of alkyl halides is 5. The largest absolute Gasteiger partial charge is 0.497 e. The number of nitrogens with zero attached hydrogens (tertiary/aromatic N) is 1. The third-order valence-electron chi connectivity index (χ3n) is 7.44. The van der Waals surface area contributed by atoms with Crippen LogP contribution in [0.4, 0.5) is 22.0 Å². The highest BCUT2D eigenvalue weighted by Crippen LogP contribution is 2.34. The number of ether oxygens (including phenoxy) is 2. The molecule has 1 heterocycles. The molecule has 0 bridgehead atoms. The Bertz CT molecular complexity index is 1260. The molecule has 0 aliphatic carbocycles. The van der Waals surface area contributed by atoms with Crippen molar-refractivity contribution in [2.45, 2.75) is 68.0 Å². The Morgan fingerprint density at radius 3 is 2.20 bits per heavy atom. The van der Waals surface area contributed by atoms with E-state index in [1.807, 2.05) is 0 Å². The van der Waals surface area contributed by atoms with Crippen molar-refractivity contribution in [2.75, 3.05) is 33.9 Å². The van der Waals surface area contributed by atoms with Gasteiger partial charge in [-0.2, -0.15) is 22.0 Å². The number of likely N-dealkylation sites (tertiary alicyclic amines) is 1. The molecule has 1 saturated heterocycles. The second-order valence-corrected chi connectivity index (χ2v) is 13.3. The molecule has 17 heteroatoms. The lowest BCUT2D eigenvalue weighted by Gasteiger charge is -2.33. The summed E-state index contributed by atoms with van der Waals surface area (Å²) in [4.78, 5) is 39.5. The second-order valence-electron chi connectivity index (χ2n) is 11.0. The minimum Gasteiger partial charge on any atom is -0.497 e. The Morgan fingerprint density at radius 1 is 1.11 bits per heavy atom. The van der Waals surface area contributed by atoms with Crippen molar-refractivity contribution in [3.8, 4) is 5.75 Å². The van der Waals surface area contributed by atoms with Crippen LogP contribution in [0.25, 0.3) is 0 Å². The van der Waals surface area contributed by atoms with E-state index in [9.17, 15) is 49.9 Å². The van der Waals surface area contributed by atoms with Gasteiger partial charge < -0.3 is 30.5 Å². The Balaban J connectivity index is 2.33. The fourth-order valence-corrected chi connectivity index (χ4v) is 6.68. The number of sulfone groups is 1. The number of carbonyl (C=O) groups is 3. The van der Waals surface area contributed by atoms with E-state index in [1.165, 1.54) is 40.2 Å². The zero-order valence-electron chi connectivity index (χ0n) is 24.6. The Kier molecular flexibility index (Phi) is 12.7. The number of nitrogens with one attached hydrogen (secondary N) is 1. The highest BCUT2D eigenvalue weighted by molar-refractivity contribution is 7.91. The minimum absolute atomic E-state index is 0.272. The molecule has 1 aliphatic heterocycles. The van der Waals surface area contributed by atoms with E-state index in [-0.39, 0.29) is 6.61 Å². The van der Waals surface area contributed by atoms with Gasteiger partial charge in [0, 0.05) is 26.0 Å². The molecule has 2 amide bonds. The molecule has 5 atom stereocenters. The van der Waals surface area contributed by atoms with Gasteiger partial charge in [-0.25, -0.2) is 8.42 Å². The summed E-state index contributed by atoms with van der Waals surface area (Å²) >= 11 is 0. The van der Waals surface area contributed by atoms with Gasteiger partial charge >= 0.3 is 12.1 Å². The van der Waals surface area contributed by atoms with Crippen molar-refractivity contribution in [1.29, 1.82) is 0 Å². The SMILES string of the molecule is COC[C@H](N)C(=O)N1C[C@H](S(=O)(=O)Cc2ccc(OC)cc2)C[C@H]1C(=O)C[C@@H](C(C)C)[C@@H](O)C(F)(F)C(=O)NCC(F)(F)F. The third kappa shape index (κ3) is 9.55. The quantitative estimate of drug-likeness (QED) is 0.237. The highest BCUT2D eigenvalue weighted by Gasteiger charge is 2.53. The van der Waals surface area contributed by atoms with Crippen molar-refractivity contribution in [1.82, 2.24) is 10.2 Å². The monoisotopic (exact) mass is 659 g/mol. The Hall–Kier alpha value is -2.89. The second kappa shape index (κ2) is 14.9. The molecule has 0 saturated carbocycles. The number of rotatable bonds is 15. The van der Waals surface area contributed by atoms with Crippen LogP contribution in [0.3, 0.4) is 0 Å². The fourth-order valence-electron chi connectivity index (χ4n) is 4.92. The maximum atomic E-state index is 14.8. The summed E-state index contributed by atoms with van der Waals surface area (Å²) < 4.78 is 104. The number of hydrogen-bond donors (Lipinski definition) is 3. The summed E-state index contributed by atoms with van der Waals surface area (Å²) in [5.41, 5.74) is 6.28. The summed E-state index contributed by atoms with van der Waals surface area (Å²) in [6.45, 7) is -0.0764. The third-order valence-corrected chi connectivity index (χ3v) is 9.53. The smallest absolute Gasteiger partial charge is 0.405 e. The van der Waals surface area contributed by atoms with E-state index in [2.05, 4.69) is 0 Å². The molecule has 1 aliphatic rings. The molecule has 0 aromatic heterocycles. The lowest BCUT2D eigenvalue weighted by atomic mass is 9.81. The normalized spacial score (nSPS) is 19.9. The molecule has 0 radical (unpaired) electrons. The predicted octanol–water partition coefficient (Wildman–Crippen LogP) is 1.46. The van der Waals surface area contributed by atoms with Gasteiger partial charge in [0.15, 0.2) is 15.6 Å². The molecule has 1 aromatic carbocycles. The molecule has 0 spiro atoms. The summed E-state index contributed by atoms with van der Waals surface area (Å²) in [6, 6.07) is 3.45. The van der Waals surface area contributed by atoms with Crippen LogP contribution >= 0.6 is 0 Å². The number of nitrogens with two attached hydrogens (primary N) is 1. The standard InChI is InChI=1S/C27H38F5N3O8S/c1-15(2)19(23(37)27(31,32)25(39)34-14-26(28,29)30)10-22(36)21-9-18(11-35(21)24(38)20(33)12-42-3)44(40,41)13-16-5-7-17(43-4)8-6-16/h5-8,15,18-21,23,37H,9-14,33H2,1-4H3,(H,34,39)/t18-,19+,20+,21+,23-/m1/s1. The number of benzene rings is 1. The number of aliphatic hydroxyl groups is 1. The van der Waals surface area contributed by atoms with Crippen LogP contribution in [0.15, 0.2) is 24.3 Å². The van der Waals surface area contributed by atoms with Crippen LogP contribution in [0.1, 0.15) is 32.3 Å². The average molecular weight is 660 g/mol. The predicted molar refractivity (Wildman–Crippen MR) is 147 cm³/mol. The molecule has 44 heavy (non-hydrogen) atoms. The fraction of sp³-hybridized carbons (Fsp3) is 0.667. The molecule has 4 N–H and O–H groups in total. The van der Waals surface area contributed by atoms with E-state index in [0.717, 1.165) is 10.2 Å². The Morgan fingerprint density at radius 2 is 1.70 bits per heavy atom. The summed E-state index contributed by atoms with van der Waals surface area (Å²) in [7, 11) is -1.29. The number of methoxy groups -OCH3 is 2. The van der Waals surface area contributed by atoms with Crippen molar-refractivity contribution in [3.05, 3.63) is 29.8 Å². The van der Waals surface area contributed by atoms with E-state index in [0.29, 0.717) is 11.3 Å². The summed E-state index contributed by atoms with van der Waals surface area (Å²) in [5, 5.41) is 10.2. The molecule has 2 rings (SSSR count). The first-order valence-electron chi connectivity index (χ1n) is 13.6. The van der Waals surface area contributed by atoms with Gasteiger partial charge in [0.05, 0.1) is 30.8 Å². The Labute approximate surface area is 252 Å². The van der Waals surface area contributed by atoms with Gasteiger partial charge in [0.25, 0.3) is 5.91 Å². The molecular formula is C27H38F5N3O8S. The van der Waals surface area contributed by atoms with Crippen molar-refractivity contribution >= 4 is 27.4 Å². The van der Waals surface area contributed by atoms with Crippen LogP contribution in [0.2, 0.25) is 0 Å². The van der Waals surface area contributed by atoms with E-state index >= 15 is 0 Å². The molecule has 1 aromatic rings. The lowest BCUT2D eigenvalue weighted by Crippen LogP contribution is -2.54. The zero-order valence-corrected chi connectivity index (χ0v) is 25.5. The van der Waals surface area contributed by atoms with E-state index in [1.54, 1.807) is 12.1 Å². The van der Waals surface area contributed by atoms with Crippen LogP contribution in [-0.2, 0) is 34.7 Å². The zero-order chi connectivity index (χ0) is 33.6. The average Bonchev–Trinajstić information content (AvgIpc) is 3.40. The number of carbonyl (C=O) groups excluding carboxylic acids is 3. The maximum Gasteiger partial charge on any atom is 0.405 e. The number of halogens is 5. The van der Waals surface area contributed by atoms with Gasteiger partial charge in [-0.1, -0.05) is 26.0 Å². The first-order chi connectivity index (χ1) is 20.2. The van der Waals surface area contributed by atoms with Crippen LogP contribution in [0, 0.1) is 11.8 Å². The topological polar surface area (TPSA) is 165 Å². The van der Waals surface area contributed by atoms with Crippen molar-refractivity contribution in [2.24, 2.45) is 17.6 Å². The molecular weight excluding hydrogens is 621 g/mol. The van der Waals surface area contributed by atoms with Crippen LogP contribution in [0.5, 0.6) is 5.75 Å². The van der Waals surface area contributed by atoms with Gasteiger partial charge in [0.2, 0.25) is 5.91 Å². The number of aliphatic hydroxyl groups excluding tert-OH is 1.